The summed E-state index contributed by atoms with van der Waals surface area (Å²) in [4.78, 5) is 23.9. The van der Waals surface area contributed by atoms with Gasteiger partial charge in [-0.1, -0.05) is 111 Å². The first-order valence-electron chi connectivity index (χ1n) is 14.4. The Morgan fingerprint density at radius 2 is 1.15 bits per heavy atom. The minimum atomic E-state index is -0.823. The van der Waals surface area contributed by atoms with Crippen molar-refractivity contribution < 1.29 is 24.2 Å². The first-order valence-corrected chi connectivity index (χ1v) is 14.4. The quantitative estimate of drug-likeness (QED) is 0.0614. The molecule has 216 valence electrons. The van der Waals surface area contributed by atoms with Crippen LogP contribution in [-0.2, 0) is 19.1 Å². The maximum Gasteiger partial charge on any atom is 0.306 e. The lowest BCUT2D eigenvalue weighted by molar-refractivity contribution is -0.161. The molecule has 0 aliphatic rings. The average molecular weight is 539 g/mol. The molecule has 0 rings (SSSR count). The topological polar surface area (TPSA) is 72.8 Å². The molecule has 0 fully saturated rings. The van der Waals surface area contributed by atoms with Crippen LogP contribution in [0.1, 0.15) is 84.5 Å². The van der Waals surface area contributed by atoms with Gasteiger partial charge in [-0.15, -0.1) is 0 Å². The van der Waals surface area contributed by atoms with Gasteiger partial charge in [-0.25, -0.2) is 0 Å². The van der Waals surface area contributed by atoms with Crippen LogP contribution in [0.15, 0.2) is 97.2 Å². The molecule has 1 atom stereocenters. The van der Waals surface area contributed by atoms with Crippen LogP contribution < -0.4 is 0 Å². The average Bonchev–Trinajstić information content (AvgIpc) is 2.94. The molecular formula is C34H50O5. The highest BCUT2D eigenvalue weighted by Gasteiger charge is 2.15. The number of carbonyl (C=O) groups is 2. The Balaban J connectivity index is 3.88. The van der Waals surface area contributed by atoms with Crippen LogP contribution in [0.3, 0.4) is 0 Å². The van der Waals surface area contributed by atoms with E-state index in [4.69, 9.17) is 9.47 Å². The molecule has 0 saturated heterocycles. The maximum atomic E-state index is 12.0. The number of unbranched alkanes of at least 4 members (excludes halogenated alkanes) is 3. The van der Waals surface area contributed by atoms with Gasteiger partial charge in [0.2, 0.25) is 0 Å². The van der Waals surface area contributed by atoms with E-state index in [9.17, 15) is 14.7 Å². The number of aliphatic hydroxyl groups is 1. The van der Waals surface area contributed by atoms with E-state index in [1.54, 1.807) is 0 Å². The summed E-state index contributed by atoms with van der Waals surface area (Å²) >= 11 is 0. The number of allylic oxidation sites excluding steroid dienone is 16. The first kappa shape index (κ1) is 35.8. The third kappa shape index (κ3) is 27.7. The summed E-state index contributed by atoms with van der Waals surface area (Å²) in [5.74, 6) is -0.742. The van der Waals surface area contributed by atoms with Gasteiger partial charge >= 0.3 is 11.9 Å². The van der Waals surface area contributed by atoms with Crippen molar-refractivity contribution in [3.8, 4) is 0 Å². The van der Waals surface area contributed by atoms with Crippen LogP contribution in [0.25, 0.3) is 0 Å². The van der Waals surface area contributed by atoms with E-state index in [0.717, 1.165) is 44.9 Å². The van der Waals surface area contributed by atoms with Crippen molar-refractivity contribution in [1.29, 1.82) is 0 Å². The van der Waals surface area contributed by atoms with Gasteiger partial charge < -0.3 is 14.6 Å². The third-order valence-electron chi connectivity index (χ3n) is 5.25. The molecule has 5 heteroatoms. The zero-order valence-corrected chi connectivity index (χ0v) is 24.1. The molecule has 0 aliphatic carbocycles. The van der Waals surface area contributed by atoms with E-state index < -0.39 is 6.10 Å². The molecule has 0 amide bonds. The number of rotatable bonds is 23. The molecule has 0 spiro atoms. The van der Waals surface area contributed by atoms with Crippen LogP contribution in [0, 0.1) is 0 Å². The van der Waals surface area contributed by atoms with Gasteiger partial charge in [-0.3, -0.25) is 9.59 Å². The van der Waals surface area contributed by atoms with Crippen molar-refractivity contribution in [3.05, 3.63) is 97.2 Å². The zero-order valence-electron chi connectivity index (χ0n) is 24.1. The van der Waals surface area contributed by atoms with Crippen LogP contribution in [0.2, 0.25) is 0 Å². The second-order valence-corrected chi connectivity index (χ2v) is 8.83. The molecule has 1 unspecified atom stereocenters. The molecule has 0 aromatic rings. The molecule has 0 aliphatic heterocycles. The monoisotopic (exact) mass is 538 g/mol. The van der Waals surface area contributed by atoms with E-state index in [1.165, 1.54) is 0 Å². The van der Waals surface area contributed by atoms with E-state index in [0.29, 0.717) is 12.8 Å². The Kier molecular flexibility index (Phi) is 27.0. The smallest absolute Gasteiger partial charge is 0.306 e. The third-order valence-corrected chi connectivity index (χ3v) is 5.25. The molecule has 39 heavy (non-hydrogen) atoms. The van der Waals surface area contributed by atoms with Crippen LogP contribution >= 0.6 is 0 Å². The molecular weight excluding hydrogens is 488 g/mol. The van der Waals surface area contributed by atoms with Gasteiger partial charge in [0.25, 0.3) is 0 Å². The maximum absolute atomic E-state index is 12.0. The van der Waals surface area contributed by atoms with Crippen molar-refractivity contribution in [2.45, 2.75) is 90.6 Å². The standard InChI is InChI=1S/C34H50O5/c1-3-5-7-9-11-13-15-17-19-20-22-24-26-28-33(36)38-31-32(30-35)39-34(37)29-27-25-23-21-18-16-14-12-10-8-6-4-2/h5-9,11-15,17-22,32,35H,3-4,10,16,23-31H2,1-2H3/b7-5+,8-6+,11-9+,14-12+,15-13+,19-17+,21-18+,22-20+. The van der Waals surface area contributed by atoms with Gasteiger partial charge in [0.05, 0.1) is 6.61 Å². The lowest BCUT2D eigenvalue weighted by Gasteiger charge is -2.15. The first-order chi connectivity index (χ1) is 19.1. The number of hydrogen-bond donors (Lipinski definition) is 1. The highest BCUT2D eigenvalue weighted by molar-refractivity contribution is 5.70. The van der Waals surface area contributed by atoms with Gasteiger partial charge in [-0.05, 0) is 57.8 Å². The Bertz CT molecular complexity index is 840. The molecule has 0 aromatic carbocycles. The number of hydrogen-bond acceptors (Lipinski definition) is 5. The van der Waals surface area contributed by atoms with Crippen molar-refractivity contribution in [2.24, 2.45) is 0 Å². The predicted octanol–water partition coefficient (Wildman–Crippen LogP) is 8.21. The van der Waals surface area contributed by atoms with E-state index in [1.807, 2.05) is 54.7 Å². The molecule has 0 bridgehead atoms. The molecule has 1 N–H and O–H groups in total. The Morgan fingerprint density at radius 3 is 1.79 bits per heavy atom. The lowest BCUT2D eigenvalue weighted by atomic mass is 10.2. The van der Waals surface area contributed by atoms with Gasteiger partial charge in [-0.2, -0.15) is 0 Å². The minimum Gasteiger partial charge on any atom is -0.462 e. The van der Waals surface area contributed by atoms with Gasteiger partial charge in [0.15, 0.2) is 6.10 Å². The Morgan fingerprint density at radius 1 is 0.615 bits per heavy atom. The van der Waals surface area contributed by atoms with Crippen LogP contribution in [-0.4, -0.2) is 36.4 Å². The summed E-state index contributed by atoms with van der Waals surface area (Å²) in [6, 6.07) is 0. The Labute approximate surface area is 237 Å². The fourth-order valence-electron chi connectivity index (χ4n) is 3.12. The number of aliphatic hydroxyl groups excluding tert-OH is 1. The van der Waals surface area contributed by atoms with Crippen LogP contribution in [0.4, 0.5) is 0 Å². The van der Waals surface area contributed by atoms with Crippen molar-refractivity contribution in [3.63, 3.8) is 0 Å². The molecule has 5 nitrogen and oxygen atoms in total. The summed E-state index contributed by atoms with van der Waals surface area (Å²) in [5, 5.41) is 9.45. The molecule has 0 aromatic heterocycles. The lowest BCUT2D eigenvalue weighted by Crippen LogP contribution is -2.28. The highest BCUT2D eigenvalue weighted by Crippen LogP contribution is 2.06. The summed E-state index contributed by atoms with van der Waals surface area (Å²) in [6.45, 7) is 3.72. The number of carbonyl (C=O) groups excluding carboxylic acids is 2. The van der Waals surface area contributed by atoms with Crippen molar-refractivity contribution in [2.75, 3.05) is 13.2 Å². The fourth-order valence-corrected chi connectivity index (χ4v) is 3.12. The summed E-state index contributed by atoms with van der Waals surface area (Å²) in [6.07, 6.45) is 40.4. The second kappa shape index (κ2) is 29.4. The molecule has 0 radical (unpaired) electrons. The minimum absolute atomic E-state index is 0.126. The predicted molar refractivity (Wildman–Crippen MR) is 163 cm³/mol. The summed E-state index contributed by atoms with van der Waals surface area (Å²) in [5.41, 5.74) is 0. The van der Waals surface area contributed by atoms with Crippen LogP contribution in [0.5, 0.6) is 0 Å². The van der Waals surface area contributed by atoms with Gasteiger partial charge in [0, 0.05) is 12.8 Å². The van der Waals surface area contributed by atoms with E-state index in [2.05, 4.69) is 56.4 Å². The van der Waals surface area contributed by atoms with E-state index >= 15 is 0 Å². The zero-order chi connectivity index (χ0) is 28.7. The molecule has 0 heterocycles. The number of esters is 2. The normalized spacial score (nSPS) is 13.6. The second-order valence-electron chi connectivity index (χ2n) is 8.83. The van der Waals surface area contributed by atoms with Crippen molar-refractivity contribution in [1.82, 2.24) is 0 Å². The summed E-state index contributed by atoms with van der Waals surface area (Å²) in [7, 11) is 0. The summed E-state index contributed by atoms with van der Waals surface area (Å²) < 4.78 is 10.4. The highest BCUT2D eigenvalue weighted by atomic mass is 16.6. The largest absolute Gasteiger partial charge is 0.462 e. The number of ether oxygens (including phenoxy) is 2. The SMILES string of the molecule is CC/C=C/C=C/C=C/C=C/C=C/CCCC(=O)OCC(CO)OC(=O)CCCC/C=C/C/C=C/C/C=C/CC. The van der Waals surface area contributed by atoms with E-state index in [-0.39, 0.29) is 38.0 Å². The van der Waals surface area contributed by atoms with Gasteiger partial charge in [0.1, 0.15) is 6.61 Å². The fraction of sp³-hybridized carbons (Fsp3) is 0.471. The van der Waals surface area contributed by atoms with Crippen molar-refractivity contribution >= 4 is 11.9 Å². The molecule has 0 saturated carbocycles. The Hall–Kier alpha value is -3.18.